The van der Waals surface area contributed by atoms with Crippen molar-refractivity contribution in [3.63, 3.8) is 0 Å². The highest BCUT2D eigenvalue weighted by molar-refractivity contribution is 5.79. The fourth-order valence-electron chi connectivity index (χ4n) is 4.90. The molecule has 1 N–H and O–H groups in total. The number of ether oxygens (including phenoxy) is 1. The Balaban J connectivity index is 1.29. The van der Waals surface area contributed by atoms with E-state index < -0.39 is 0 Å². The molecule has 6 atom stereocenters. The van der Waals surface area contributed by atoms with Crippen LogP contribution in [0.2, 0.25) is 0 Å². The fraction of sp³-hybridized carbons (Fsp3) is 0.933. The van der Waals surface area contributed by atoms with Crippen molar-refractivity contribution in [1.82, 2.24) is 5.32 Å². The number of rotatable bonds is 3. The molecule has 4 fully saturated rings. The van der Waals surface area contributed by atoms with Crippen LogP contribution in [0.1, 0.15) is 44.9 Å². The maximum absolute atomic E-state index is 12.2. The van der Waals surface area contributed by atoms with Crippen molar-refractivity contribution in [2.24, 2.45) is 23.7 Å². The molecule has 18 heavy (non-hydrogen) atoms. The van der Waals surface area contributed by atoms with E-state index in [1.165, 1.54) is 32.1 Å². The van der Waals surface area contributed by atoms with Gasteiger partial charge in [0.05, 0.1) is 18.1 Å². The quantitative estimate of drug-likeness (QED) is 0.832. The minimum Gasteiger partial charge on any atom is -0.374 e. The SMILES string of the molecule is O=C(NC[C@@H]1C[C@H]2CC[C@H]1C2)[C@@H]1C[C@H]2CC[C@H]1O2. The monoisotopic (exact) mass is 249 g/mol. The molecule has 2 heterocycles. The van der Waals surface area contributed by atoms with Crippen LogP contribution in [0, 0.1) is 23.7 Å². The van der Waals surface area contributed by atoms with Crippen LogP contribution in [0.15, 0.2) is 0 Å². The van der Waals surface area contributed by atoms with Gasteiger partial charge in [0.15, 0.2) is 0 Å². The highest BCUT2D eigenvalue weighted by Crippen LogP contribution is 2.48. The Hall–Kier alpha value is -0.570. The van der Waals surface area contributed by atoms with Gasteiger partial charge in [-0.3, -0.25) is 4.79 Å². The number of fused-ring (bicyclic) bond motifs is 4. The molecule has 100 valence electrons. The molecule has 4 aliphatic rings. The average molecular weight is 249 g/mol. The van der Waals surface area contributed by atoms with Crippen molar-refractivity contribution < 1.29 is 9.53 Å². The summed E-state index contributed by atoms with van der Waals surface area (Å²) >= 11 is 0. The van der Waals surface area contributed by atoms with Crippen molar-refractivity contribution >= 4 is 5.91 Å². The topological polar surface area (TPSA) is 38.3 Å². The van der Waals surface area contributed by atoms with Crippen LogP contribution in [0.4, 0.5) is 0 Å². The zero-order valence-corrected chi connectivity index (χ0v) is 10.9. The Labute approximate surface area is 109 Å². The first kappa shape index (κ1) is 11.3. The van der Waals surface area contributed by atoms with Gasteiger partial charge in [-0.05, 0) is 56.3 Å². The van der Waals surface area contributed by atoms with Crippen molar-refractivity contribution in [2.75, 3.05) is 6.54 Å². The molecule has 2 aliphatic heterocycles. The van der Waals surface area contributed by atoms with Crippen molar-refractivity contribution in [1.29, 1.82) is 0 Å². The summed E-state index contributed by atoms with van der Waals surface area (Å²) in [6.07, 6.45) is 9.47. The second kappa shape index (κ2) is 4.22. The van der Waals surface area contributed by atoms with Crippen molar-refractivity contribution in [2.45, 2.75) is 57.2 Å². The van der Waals surface area contributed by atoms with Gasteiger partial charge in [-0.2, -0.15) is 0 Å². The first-order valence-corrected chi connectivity index (χ1v) is 7.73. The molecule has 2 saturated carbocycles. The molecule has 0 radical (unpaired) electrons. The number of hydrogen-bond donors (Lipinski definition) is 1. The lowest BCUT2D eigenvalue weighted by atomic mass is 9.87. The van der Waals surface area contributed by atoms with Gasteiger partial charge in [0.1, 0.15) is 0 Å². The third kappa shape index (κ3) is 1.78. The first-order valence-electron chi connectivity index (χ1n) is 7.73. The van der Waals surface area contributed by atoms with Crippen LogP contribution in [-0.2, 0) is 9.53 Å². The Morgan fingerprint density at radius 3 is 2.67 bits per heavy atom. The third-order valence-corrected chi connectivity index (χ3v) is 5.87. The highest BCUT2D eigenvalue weighted by Gasteiger charge is 2.45. The van der Waals surface area contributed by atoms with Gasteiger partial charge in [-0.15, -0.1) is 0 Å². The second-order valence-electron chi connectivity index (χ2n) is 6.90. The van der Waals surface area contributed by atoms with E-state index in [0.717, 1.165) is 37.1 Å². The Morgan fingerprint density at radius 1 is 1.11 bits per heavy atom. The van der Waals surface area contributed by atoms with Crippen LogP contribution in [-0.4, -0.2) is 24.7 Å². The number of carbonyl (C=O) groups is 1. The summed E-state index contributed by atoms with van der Waals surface area (Å²) in [4.78, 5) is 12.2. The molecular formula is C15H23NO2. The van der Waals surface area contributed by atoms with Gasteiger partial charge in [0.25, 0.3) is 0 Å². The largest absolute Gasteiger partial charge is 0.374 e. The van der Waals surface area contributed by atoms with E-state index in [1.54, 1.807) is 0 Å². The molecule has 4 bridgehead atoms. The lowest BCUT2D eigenvalue weighted by molar-refractivity contribution is -0.126. The van der Waals surface area contributed by atoms with Crippen molar-refractivity contribution in [3.8, 4) is 0 Å². The normalized spacial score (nSPS) is 48.9. The summed E-state index contributed by atoms with van der Waals surface area (Å²) < 4.78 is 5.77. The number of hydrogen-bond acceptors (Lipinski definition) is 2. The van der Waals surface area contributed by atoms with Crippen molar-refractivity contribution in [3.05, 3.63) is 0 Å². The summed E-state index contributed by atoms with van der Waals surface area (Å²) in [7, 11) is 0. The summed E-state index contributed by atoms with van der Waals surface area (Å²) in [5, 5.41) is 3.22. The van der Waals surface area contributed by atoms with Crippen LogP contribution in [0.5, 0.6) is 0 Å². The smallest absolute Gasteiger partial charge is 0.225 e. The number of nitrogens with one attached hydrogen (secondary N) is 1. The van der Waals surface area contributed by atoms with E-state index in [2.05, 4.69) is 5.32 Å². The van der Waals surface area contributed by atoms with Gasteiger partial charge in [0.2, 0.25) is 5.91 Å². The highest BCUT2D eigenvalue weighted by atomic mass is 16.5. The zero-order valence-electron chi connectivity index (χ0n) is 10.9. The van der Waals surface area contributed by atoms with Gasteiger partial charge in [-0.1, -0.05) is 6.42 Å². The number of amides is 1. The Morgan fingerprint density at radius 2 is 2.06 bits per heavy atom. The Bertz CT molecular complexity index is 356. The van der Waals surface area contributed by atoms with Crippen LogP contribution >= 0.6 is 0 Å². The van der Waals surface area contributed by atoms with Crippen LogP contribution < -0.4 is 5.32 Å². The van der Waals surface area contributed by atoms with E-state index in [4.69, 9.17) is 4.74 Å². The summed E-state index contributed by atoms with van der Waals surface area (Å²) in [6.45, 7) is 0.924. The lowest BCUT2D eigenvalue weighted by Crippen LogP contribution is -2.39. The van der Waals surface area contributed by atoms with E-state index in [-0.39, 0.29) is 17.9 Å². The molecule has 3 nitrogen and oxygen atoms in total. The molecule has 0 unspecified atom stereocenters. The van der Waals surface area contributed by atoms with Crippen LogP contribution in [0.3, 0.4) is 0 Å². The zero-order chi connectivity index (χ0) is 12.1. The minimum absolute atomic E-state index is 0.155. The second-order valence-corrected chi connectivity index (χ2v) is 6.90. The minimum atomic E-state index is 0.155. The predicted octanol–water partition coefficient (Wildman–Crippen LogP) is 2.11. The van der Waals surface area contributed by atoms with E-state index in [1.807, 2.05) is 0 Å². The Kier molecular flexibility index (Phi) is 2.65. The maximum Gasteiger partial charge on any atom is 0.225 e. The lowest BCUT2D eigenvalue weighted by Gasteiger charge is -2.24. The summed E-state index contributed by atoms with van der Waals surface area (Å²) in [6, 6.07) is 0. The average Bonchev–Trinajstić information content (AvgIpc) is 3.13. The molecular weight excluding hydrogens is 226 g/mol. The van der Waals surface area contributed by atoms with Gasteiger partial charge < -0.3 is 10.1 Å². The molecule has 0 aromatic rings. The number of carbonyl (C=O) groups excluding carboxylic acids is 1. The molecule has 1 amide bonds. The maximum atomic E-state index is 12.2. The molecule has 0 spiro atoms. The molecule has 4 rings (SSSR count). The predicted molar refractivity (Wildman–Crippen MR) is 67.9 cm³/mol. The molecule has 2 saturated heterocycles. The summed E-state index contributed by atoms with van der Waals surface area (Å²) in [5.41, 5.74) is 0. The third-order valence-electron chi connectivity index (χ3n) is 5.87. The molecule has 0 aromatic carbocycles. The van der Waals surface area contributed by atoms with Gasteiger partial charge >= 0.3 is 0 Å². The van der Waals surface area contributed by atoms with Gasteiger partial charge in [0, 0.05) is 6.54 Å². The molecule has 3 heteroatoms. The molecule has 0 aromatic heterocycles. The first-order chi connectivity index (χ1) is 8.79. The standard InChI is InChI=1S/C15H23NO2/c17-15(13-7-12-3-4-14(13)18-12)16-8-11-6-9-1-2-10(11)5-9/h9-14H,1-8H2,(H,16,17)/t9-,10-,11-,12+,13+,14+/m0/s1. The summed E-state index contributed by atoms with van der Waals surface area (Å²) in [5.74, 6) is 3.08. The fourth-order valence-corrected chi connectivity index (χ4v) is 4.90. The molecule has 2 aliphatic carbocycles. The van der Waals surface area contributed by atoms with E-state index in [0.29, 0.717) is 6.10 Å². The van der Waals surface area contributed by atoms with E-state index >= 15 is 0 Å². The van der Waals surface area contributed by atoms with E-state index in [9.17, 15) is 4.79 Å². The van der Waals surface area contributed by atoms with Crippen LogP contribution in [0.25, 0.3) is 0 Å². The van der Waals surface area contributed by atoms with Gasteiger partial charge in [-0.25, -0.2) is 0 Å².